The summed E-state index contributed by atoms with van der Waals surface area (Å²) in [4.78, 5) is 55.3. The van der Waals surface area contributed by atoms with Crippen molar-refractivity contribution in [1.29, 1.82) is 0 Å². The summed E-state index contributed by atoms with van der Waals surface area (Å²) in [6.45, 7) is 2.38. The summed E-state index contributed by atoms with van der Waals surface area (Å²) in [5, 5.41) is 0. The summed E-state index contributed by atoms with van der Waals surface area (Å²) in [6, 6.07) is 13.3. The normalized spacial score (nSPS) is 24.0. The van der Waals surface area contributed by atoms with Crippen molar-refractivity contribution in [2.75, 3.05) is 19.8 Å². The molecule has 2 saturated heterocycles. The van der Waals surface area contributed by atoms with Crippen LogP contribution in [-0.4, -0.2) is 87.1 Å². The van der Waals surface area contributed by atoms with Gasteiger partial charge in [0.1, 0.15) is 34.7 Å². The lowest BCUT2D eigenvalue weighted by Gasteiger charge is -2.45. The van der Waals surface area contributed by atoms with E-state index in [9.17, 15) is 19.2 Å². The third kappa shape index (κ3) is 4.54. The number of imide groups is 1. The van der Waals surface area contributed by atoms with Gasteiger partial charge in [0.05, 0.1) is 18.6 Å². The summed E-state index contributed by atoms with van der Waals surface area (Å²) in [5.41, 5.74) is 2.15. The van der Waals surface area contributed by atoms with Crippen LogP contribution in [0.3, 0.4) is 0 Å². The van der Waals surface area contributed by atoms with E-state index in [1.54, 1.807) is 37.6 Å². The number of carbonyl (C=O) groups is 4. The molecule has 3 aliphatic heterocycles. The molecule has 2 fully saturated rings. The zero-order chi connectivity index (χ0) is 26.3. The summed E-state index contributed by atoms with van der Waals surface area (Å²) >= 11 is 0. The Kier molecular flexibility index (Phi) is 6.62. The Morgan fingerprint density at radius 3 is 2.51 bits per heavy atom. The van der Waals surface area contributed by atoms with Crippen molar-refractivity contribution < 1.29 is 28.7 Å². The maximum Gasteiger partial charge on any atom is 0.254 e. The quantitative estimate of drug-likeness (QED) is 0.360. The molecular weight excluding hydrogens is 471 g/mol. The SMILES string of the molecule is BC1CC(B)(N2Cc3c(OCc4ccc(CN5CCOCC5=O)cc4)cccc3C2=O)C(=O)N(B)C1=O. The number of nitrogens with zero attached hydrogens (tertiary/aromatic N) is 3. The standard InChI is InChI=1S/C25H28B3N3O6/c26-19-10-25(27,24(35)31(28)23(19)34)30-12-18-17(22(30)33)2-1-3-20(18)37-13-16-6-4-15(5-7-16)11-29-8-9-36-14-21(29)32/h1-7,19H,8-14,26-28H2. The second kappa shape index (κ2) is 9.74. The number of morpholine rings is 1. The Bertz CT molecular complexity index is 1270. The minimum atomic E-state index is -1.10. The average Bonchev–Trinajstić information content (AvgIpc) is 3.25. The Labute approximate surface area is 218 Å². The number of rotatable bonds is 6. The van der Waals surface area contributed by atoms with Gasteiger partial charge in [0.2, 0.25) is 25.7 Å². The largest absolute Gasteiger partial charge is 0.489 e. The smallest absolute Gasteiger partial charge is 0.254 e. The van der Waals surface area contributed by atoms with E-state index >= 15 is 0 Å². The molecule has 0 aromatic heterocycles. The number of amides is 4. The Morgan fingerprint density at radius 2 is 1.78 bits per heavy atom. The van der Waals surface area contributed by atoms with Gasteiger partial charge in [0.15, 0.2) is 0 Å². The molecule has 2 atom stereocenters. The first-order valence-corrected chi connectivity index (χ1v) is 12.5. The van der Waals surface area contributed by atoms with Gasteiger partial charge < -0.3 is 24.1 Å². The minimum absolute atomic E-state index is 0.00308. The molecule has 2 aromatic carbocycles. The predicted octanol–water partition coefficient (Wildman–Crippen LogP) is -1.36. The zero-order valence-corrected chi connectivity index (χ0v) is 21.4. The van der Waals surface area contributed by atoms with E-state index in [0.717, 1.165) is 21.5 Å². The first-order chi connectivity index (χ1) is 17.7. The van der Waals surface area contributed by atoms with Gasteiger partial charge in [0, 0.05) is 30.0 Å². The third-order valence-electron chi connectivity index (χ3n) is 7.62. The number of hydrogen-bond donors (Lipinski definition) is 0. The van der Waals surface area contributed by atoms with Crippen molar-refractivity contribution in [3.05, 3.63) is 64.7 Å². The molecule has 37 heavy (non-hydrogen) atoms. The molecule has 2 unspecified atom stereocenters. The molecule has 0 radical (unpaired) electrons. The van der Waals surface area contributed by atoms with Gasteiger partial charge in [0.25, 0.3) is 5.91 Å². The van der Waals surface area contributed by atoms with E-state index in [2.05, 4.69) is 0 Å². The van der Waals surface area contributed by atoms with Crippen molar-refractivity contribution in [2.24, 2.45) is 0 Å². The van der Waals surface area contributed by atoms with Crippen LogP contribution in [0.1, 0.15) is 33.5 Å². The lowest BCUT2D eigenvalue weighted by atomic mass is 9.61. The minimum Gasteiger partial charge on any atom is -0.489 e. The zero-order valence-electron chi connectivity index (χ0n) is 21.4. The van der Waals surface area contributed by atoms with Crippen molar-refractivity contribution in [3.63, 3.8) is 0 Å². The van der Waals surface area contributed by atoms with Crippen molar-refractivity contribution in [2.45, 2.75) is 37.4 Å². The molecule has 0 bridgehead atoms. The van der Waals surface area contributed by atoms with E-state index < -0.39 is 5.44 Å². The summed E-state index contributed by atoms with van der Waals surface area (Å²) in [6.07, 6.45) is 0.285. The number of piperidine rings is 1. The monoisotopic (exact) mass is 499 g/mol. The summed E-state index contributed by atoms with van der Waals surface area (Å²) < 4.78 is 11.3. The van der Waals surface area contributed by atoms with Gasteiger partial charge in [-0.2, -0.15) is 0 Å². The van der Waals surface area contributed by atoms with Gasteiger partial charge >= 0.3 is 0 Å². The number of benzene rings is 2. The summed E-state index contributed by atoms with van der Waals surface area (Å²) in [7, 11) is 5.01. The fraction of sp³-hybridized carbons (Fsp3) is 0.360. The van der Waals surface area contributed by atoms with Crippen molar-refractivity contribution in [3.8, 4) is 5.75 Å². The molecular formula is C25H28B3N3O6. The molecule has 9 nitrogen and oxygen atoms in total. The van der Waals surface area contributed by atoms with Crippen LogP contribution in [0.25, 0.3) is 0 Å². The van der Waals surface area contributed by atoms with Crippen LogP contribution in [0.15, 0.2) is 42.5 Å². The molecule has 0 N–H and O–H groups in total. The van der Waals surface area contributed by atoms with E-state index in [1.807, 2.05) is 30.3 Å². The molecule has 2 aromatic rings. The molecule has 5 rings (SSSR count). The molecule has 3 heterocycles. The molecule has 3 aliphatic rings. The van der Waals surface area contributed by atoms with Crippen LogP contribution in [0, 0.1) is 0 Å². The van der Waals surface area contributed by atoms with Gasteiger partial charge in [-0.15, -0.1) is 0 Å². The highest BCUT2D eigenvalue weighted by molar-refractivity contribution is 6.42. The average molecular weight is 499 g/mol. The topological polar surface area (TPSA) is 96.5 Å². The first-order valence-electron chi connectivity index (χ1n) is 12.5. The van der Waals surface area contributed by atoms with E-state index in [1.165, 1.54) is 7.98 Å². The van der Waals surface area contributed by atoms with Crippen LogP contribution in [0.4, 0.5) is 0 Å². The van der Waals surface area contributed by atoms with Gasteiger partial charge in [-0.1, -0.05) is 30.3 Å². The number of ether oxygens (including phenoxy) is 2. The molecule has 4 amide bonds. The molecule has 0 spiro atoms. The van der Waals surface area contributed by atoms with Gasteiger partial charge in [-0.25, -0.2) is 0 Å². The lowest BCUT2D eigenvalue weighted by Crippen LogP contribution is -2.65. The fourth-order valence-corrected chi connectivity index (χ4v) is 5.47. The maximum atomic E-state index is 13.4. The van der Waals surface area contributed by atoms with Gasteiger partial charge in [-0.05, 0) is 29.7 Å². The second-order valence-electron chi connectivity index (χ2n) is 10.2. The highest BCUT2D eigenvalue weighted by Gasteiger charge is 2.52. The first kappa shape index (κ1) is 25.1. The fourth-order valence-electron chi connectivity index (χ4n) is 5.47. The maximum absolute atomic E-state index is 13.4. The molecule has 12 heteroatoms. The Morgan fingerprint density at radius 1 is 1.05 bits per heavy atom. The molecule has 188 valence electrons. The van der Waals surface area contributed by atoms with E-state index in [0.29, 0.717) is 37.6 Å². The van der Waals surface area contributed by atoms with Crippen LogP contribution in [0.2, 0.25) is 5.82 Å². The Balaban J connectivity index is 1.28. The molecule has 0 aliphatic carbocycles. The van der Waals surface area contributed by atoms with Crippen molar-refractivity contribution in [1.82, 2.24) is 14.6 Å². The van der Waals surface area contributed by atoms with E-state index in [4.69, 9.17) is 9.47 Å². The lowest BCUT2D eigenvalue weighted by molar-refractivity contribution is -0.147. The van der Waals surface area contributed by atoms with Crippen LogP contribution in [-0.2, 0) is 38.8 Å². The van der Waals surface area contributed by atoms with Crippen molar-refractivity contribution >= 4 is 47.3 Å². The second-order valence-corrected chi connectivity index (χ2v) is 10.2. The number of hydrogen-bond acceptors (Lipinski definition) is 6. The van der Waals surface area contributed by atoms with E-state index in [-0.39, 0.29) is 49.0 Å². The number of carbonyl (C=O) groups excluding carboxylic acids is 4. The predicted molar refractivity (Wildman–Crippen MR) is 142 cm³/mol. The van der Waals surface area contributed by atoms with Crippen LogP contribution < -0.4 is 4.74 Å². The number of fused-ring (bicyclic) bond motifs is 1. The molecule has 0 saturated carbocycles. The van der Waals surface area contributed by atoms with Crippen LogP contribution in [0.5, 0.6) is 5.75 Å². The van der Waals surface area contributed by atoms with Crippen LogP contribution >= 0.6 is 0 Å². The highest BCUT2D eigenvalue weighted by Crippen LogP contribution is 2.39. The highest BCUT2D eigenvalue weighted by atomic mass is 16.5. The third-order valence-corrected chi connectivity index (χ3v) is 7.62. The summed E-state index contributed by atoms with van der Waals surface area (Å²) in [5.74, 6) is -0.578. The Hall–Kier alpha value is -3.53. The van der Waals surface area contributed by atoms with Gasteiger partial charge in [-0.3, -0.25) is 19.2 Å².